The minimum absolute atomic E-state index is 0.303. The fourth-order valence-electron chi connectivity index (χ4n) is 2.81. The summed E-state index contributed by atoms with van der Waals surface area (Å²) >= 11 is 6.40. The number of halogens is 1. The molecule has 156 valence electrons. The fourth-order valence-corrected chi connectivity index (χ4v) is 3.05. The average molecular weight is 437 g/mol. The lowest BCUT2D eigenvalue weighted by Gasteiger charge is -2.13. The molecule has 0 radical (unpaired) electrons. The van der Waals surface area contributed by atoms with Crippen molar-refractivity contribution in [2.24, 2.45) is 0 Å². The zero-order valence-corrected chi connectivity index (χ0v) is 17.2. The van der Waals surface area contributed by atoms with Crippen LogP contribution in [0.4, 0.5) is 11.5 Å². The van der Waals surface area contributed by atoms with Crippen LogP contribution in [0.2, 0.25) is 5.02 Å². The van der Waals surface area contributed by atoms with Gasteiger partial charge in [-0.15, -0.1) is 0 Å². The van der Waals surface area contributed by atoms with Gasteiger partial charge in [0, 0.05) is 18.8 Å². The summed E-state index contributed by atoms with van der Waals surface area (Å²) in [5.74, 6) is 0.726. The lowest BCUT2D eigenvalue weighted by atomic mass is 10.2. The summed E-state index contributed by atoms with van der Waals surface area (Å²) in [4.78, 5) is 33.7. The maximum absolute atomic E-state index is 11.1. The summed E-state index contributed by atoms with van der Waals surface area (Å²) in [6.07, 6.45) is 3.13. The molecule has 0 saturated carbocycles. The predicted molar refractivity (Wildman–Crippen MR) is 115 cm³/mol. The van der Waals surface area contributed by atoms with Crippen molar-refractivity contribution in [2.75, 3.05) is 5.32 Å². The van der Waals surface area contributed by atoms with Gasteiger partial charge in [0.2, 0.25) is 0 Å². The molecule has 0 saturated heterocycles. The van der Waals surface area contributed by atoms with E-state index >= 15 is 0 Å². The van der Waals surface area contributed by atoms with Crippen molar-refractivity contribution in [1.29, 1.82) is 0 Å². The number of benzene rings is 2. The number of anilines is 2. The van der Waals surface area contributed by atoms with E-state index in [1.807, 2.05) is 24.3 Å². The molecule has 2 heterocycles. The Morgan fingerprint density at radius 1 is 1.03 bits per heavy atom. The second-order valence-corrected chi connectivity index (χ2v) is 6.82. The number of fused-ring (bicyclic) bond motifs is 1. The largest absolute Gasteiger partial charge is 0.486 e. The monoisotopic (exact) mass is 436 g/mol. The third-order valence-electron chi connectivity index (χ3n) is 4.17. The van der Waals surface area contributed by atoms with E-state index in [9.17, 15) is 4.79 Å². The van der Waals surface area contributed by atoms with Gasteiger partial charge in [-0.25, -0.2) is 14.8 Å². The molecule has 2 aromatic carbocycles. The first-order valence-electron chi connectivity index (χ1n) is 9.28. The van der Waals surface area contributed by atoms with Gasteiger partial charge in [-0.05, 0) is 42.5 Å². The van der Waals surface area contributed by atoms with Crippen LogP contribution in [0.5, 0.6) is 11.5 Å². The second-order valence-electron chi connectivity index (χ2n) is 6.41. The van der Waals surface area contributed by atoms with Gasteiger partial charge < -0.3 is 10.1 Å². The number of carbonyl (C=O) groups excluding carboxylic acids is 1. The molecule has 9 heteroatoms. The highest BCUT2D eigenvalue weighted by Crippen LogP contribution is 2.34. The van der Waals surface area contributed by atoms with Crippen LogP contribution in [0.15, 0.2) is 67.1 Å². The number of hydrogen-bond acceptors (Lipinski definition) is 8. The van der Waals surface area contributed by atoms with Crippen molar-refractivity contribution in [3.05, 3.63) is 77.8 Å². The number of hydrogen-bond donors (Lipinski definition) is 1. The van der Waals surface area contributed by atoms with Crippen molar-refractivity contribution < 1.29 is 19.3 Å². The molecule has 0 atom stereocenters. The molecule has 0 unspecified atom stereocenters. The minimum atomic E-state index is -0.573. The third kappa shape index (κ3) is 4.99. The van der Waals surface area contributed by atoms with E-state index in [0.717, 1.165) is 5.69 Å². The molecule has 1 N–H and O–H groups in total. The van der Waals surface area contributed by atoms with Crippen LogP contribution < -0.4 is 14.9 Å². The van der Waals surface area contributed by atoms with Crippen LogP contribution in [-0.2, 0) is 16.3 Å². The van der Waals surface area contributed by atoms with E-state index in [1.54, 1.807) is 36.5 Å². The molecule has 4 aromatic rings. The van der Waals surface area contributed by atoms with E-state index in [0.29, 0.717) is 45.5 Å². The number of nitrogens with zero attached hydrogens (tertiary/aromatic N) is 3. The lowest BCUT2D eigenvalue weighted by Crippen LogP contribution is -2.04. The Labute approximate surface area is 182 Å². The van der Waals surface area contributed by atoms with Crippen molar-refractivity contribution in [2.45, 2.75) is 13.5 Å². The van der Waals surface area contributed by atoms with Gasteiger partial charge in [0.1, 0.15) is 24.5 Å². The summed E-state index contributed by atoms with van der Waals surface area (Å²) in [7, 11) is 0. The van der Waals surface area contributed by atoms with Crippen molar-refractivity contribution in [1.82, 2.24) is 15.0 Å². The van der Waals surface area contributed by atoms with Gasteiger partial charge >= 0.3 is 5.97 Å². The summed E-state index contributed by atoms with van der Waals surface area (Å²) in [5, 5.41) is 4.17. The summed E-state index contributed by atoms with van der Waals surface area (Å²) < 4.78 is 5.76. The van der Waals surface area contributed by atoms with Crippen LogP contribution in [0.25, 0.3) is 10.9 Å². The molecule has 8 nitrogen and oxygen atoms in total. The van der Waals surface area contributed by atoms with E-state index in [-0.39, 0.29) is 0 Å². The molecular weight excluding hydrogens is 420 g/mol. The van der Waals surface area contributed by atoms with Crippen LogP contribution >= 0.6 is 11.6 Å². The Hall–Kier alpha value is -3.91. The summed E-state index contributed by atoms with van der Waals surface area (Å²) in [6, 6.07) is 16.1. The molecule has 0 aliphatic heterocycles. The fraction of sp³-hybridized carbons (Fsp3) is 0.0909. The van der Waals surface area contributed by atoms with Crippen LogP contribution in [-0.4, -0.2) is 20.9 Å². The van der Waals surface area contributed by atoms with Crippen LogP contribution in [0, 0.1) is 0 Å². The highest BCUT2D eigenvalue weighted by Gasteiger charge is 2.13. The molecule has 2 aromatic heterocycles. The number of carbonyl (C=O) groups is 1. The molecule has 0 bridgehead atoms. The average Bonchev–Trinajstić information content (AvgIpc) is 2.78. The van der Waals surface area contributed by atoms with Crippen LogP contribution in [0.3, 0.4) is 0 Å². The highest BCUT2D eigenvalue weighted by atomic mass is 35.5. The van der Waals surface area contributed by atoms with Gasteiger partial charge in [0.05, 0.1) is 21.6 Å². The number of nitrogens with one attached hydrogen (secondary N) is 1. The highest BCUT2D eigenvalue weighted by molar-refractivity contribution is 6.32. The Balaban J connectivity index is 1.56. The summed E-state index contributed by atoms with van der Waals surface area (Å²) in [6.45, 7) is 1.56. The number of pyridine rings is 1. The molecule has 31 heavy (non-hydrogen) atoms. The third-order valence-corrected chi connectivity index (χ3v) is 4.47. The molecular formula is C22H17ClN4O4. The molecule has 4 rings (SSSR count). The van der Waals surface area contributed by atoms with E-state index < -0.39 is 5.97 Å². The van der Waals surface area contributed by atoms with E-state index in [4.69, 9.17) is 21.2 Å². The van der Waals surface area contributed by atoms with Crippen molar-refractivity contribution >= 4 is 40.0 Å². The molecule has 0 fully saturated rings. The molecule has 0 aliphatic rings. The zero-order chi connectivity index (χ0) is 21.6. The Morgan fingerprint density at radius 2 is 1.94 bits per heavy atom. The van der Waals surface area contributed by atoms with E-state index in [2.05, 4.69) is 25.2 Å². The van der Waals surface area contributed by atoms with Gasteiger partial charge in [-0.2, -0.15) is 0 Å². The first kappa shape index (κ1) is 20.4. The summed E-state index contributed by atoms with van der Waals surface area (Å²) in [5.41, 5.74) is 2.09. The van der Waals surface area contributed by atoms with E-state index in [1.165, 1.54) is 13.3 Å². The molecule has 0 spiro atoms. The smallest absolute Gasteiger partial charge is 0.352 e. The van der Waals surface area contributed by atoms with Gasteiger partial charge in [-0.1, -0.05) is 23.7 Å². The molecule has 0 amide bonds. The van der Waals surface area contributed by atoms with Crippen molar-refractivity contribution in [3.63, 3.8) is 0 Å². The standard InChI is InChI=1S/C22H17ClN4O4/c1-14(28)30-31-20-7-4-6-18-21(20)22(26-13-25-18)27-15-8-9-19(17(23)11-15)29-12-16-5-2-3-10-24-16/h2-11,13H,12H2,1H3,(H,25,26,27). The second kappa shape index (κ2) is 9.27. The number of rotatable bonds is 7. The van der Waals surface area contributed by atoms with Gasteiger partial charge in [-0.3, -0.25) is 14.8 Å². The quantitative estimate of drug-likeness (QED) is 0.324. The Morgan fingerprint density at radius 3 is 2.71 bits per heavy atom. The Kier molecular flexibility index (Phi) is 6.09. The topological polar surface area (TPSA) is 95.5 Å². The maximum Gasteiger partial charge on any atom is 0.352 e. The first-order chi connectivity index (χ1) is 15.1. The Bertz CT molecular complexity index is 1220. The molecule has 0 aliphatic carbocycles. The zero-order valence-electron chi connectivity index (χ0n) is 16.4. The SMILES string of the molecule is CC(=O)OOc1cccc2ncnc(Nc3ccc(OCc4ccccn4)c(Cl)c3)c12. The van der Waals surface area contributed by atoms with Crippen LogP contribution in [0.1, 0.15) is 12.6 Å². The normalized spacial score (nSPS) is 10.5. The maximum atomic E-state index is 11.1. The predicted octanol–water partition coefficient (Wildman–Crippen LogP) is 4.86. The number of aromatic nitrogens is 3. The van der Waals surface area contributed by atoms with Gasteiger partial charge in [0.25, 0.3) is 0 Å². The first-order valence-corrected chi connectivity index (χ1v) is 9.66. The lowest BCUT2D eigenvalue weighted by molar-refractivity contribution is -0.210. The minimum Gasteiger partial charge on any atom is -0.486 e. The number of ether oxygens (including phenoxy) is 1. The van der Waals surface area contributed by atoms with Crippen molar-refractivity contribution in [3.8, 4) is 11.5 Å². The van der Waals surface area contributed by atoms with Gasteiger partial charge in [0.15, 0.2) is 5.75 Å².